The topological polar surface area (TPSA) is 58.1 Å². The Balaban J connectivity index is 1.94. The number of guanidine groups is 1. The fraction of sp³-hybridized carbons (Fsp3) is 0.435. The monoisotopic (exact) mass is 398 g/mol. The van der Waals surface area contributed by atoms with Crippen molar-refractivity contribution in [1.29, 1.82) is 0 Å². The van der Waals surface area contributed by atoms with Crippen LogP contribution in [0.25, 0.3) is 0 Å². The second-order valence-corrected chi connectivity index (χ2v) is 7.12. The average molecular weight is 399 g/mol. The zero-order chi connectivity index (χ0) is 21.1. The smallest absolute Gasteiger partial charge is 0.191 e. The molecule has 0 saturated carbocycles. The van der Waals surface area contributed by atoms with E-state index in [-0.39, 0.29) is 0 Å². The van der Waals surface area contributed by atoms with Crippen molar-refractivity contribution in [1.82, 2.24) is 15.5 Å². The van der Waals surface area contributed by atoms with E-state index in [1.165, 1.54) is 16.7 Å². The molecule has 0 heterocycles. The molecule has 0 aromatic heterocycles. The third-order valence-corrected chi connectivity index (χ3v) is 4.41. The highest BCUT2D eigenvalue weighted by Gasteiger charge is 2.05. The molecule has 6 heteroatoms. The molecule has 2 aromatic carbocycles. The highest BCUT2D eigenvalue weighted by Crippen LogP contribution is 2.27. The Morgan fingerprint density at radius 3 is 2.38 bits per heavy atom. The van der Waals surface area contributed by atoms with E-state index >= 15 is 0 Å². The van der Waals surface area contributed by atoms with Gasteiger partial charge in [-0.3, -0.25) is 0 Å². The summed E-state index contributed by atoms with van der Waals surface area (Å²) in [4.78, 5) is 6.90. The summed E-state index contributed by atoms with van der Waals surface area (Å²) in [5.74, 6) is 2.32. The molecule has 158 valence electrons. The van der Waals surface area contributed by atoms with Crippen molar-refractivity contribution in [2.24, 2.45) is 4.99 Å². The van der Waals surface area contributed by atoms with Crippen LogP contribution in [0, 0.1) is 0 Å². The number of ether oxygens (including phenoxy) is 2. The van der Waals surface area contributed by atoms with Crippen LogP contribution in [0.3, 0.4) is 0 Å². The van der Waals surface area contributed by atoms with Gasteiger partial charge < -0.3 is 25.0 Å². The van der Waals surface area contributed by atoms with E-state index < -0.39 is 0 Å². The molecule has 0 aliphatic rings. The summed E-state index contributed by atoms with van der Waals surface area (Å²) in [6.07, 6.45) is 0.864. The first-order valence-corrected chi connectivity index (χ1v) is 10.0. The first-order chi connectivity index (χ1) is 14.0. The van der Waals surface area contributed by atoms with Gasteiger partial charge in [0.15, 0.2) is 17.5 Å². The SMILES string of the molecule is CCNC(=NCc1cccc(CN(C)C)c1)NCCc1ccc(OC)c(OC)c1. The summed E-state index contributed by atoms with van der Waals surface area (Å²) in [6, 6.07) is 14.6. The summed E-state index contributed by atoms with van der Waals surface area (Å²) in [5.41, 5.74) is 3.69. The molecule has 2 N–H and O–H groups in total. The first-order valence-electron chi connectivity index (χ1n) is 10.0. The van der Waals surface area contributed by atoms with Crippen LogP contribution >= 0.6 is 0 Å². The summed E-state index contributed by atoms with van der Waals surface area (Å²) in [7, 11) is 7.46. The van der Waals surface area contributed by atoms with Gasteiger partial charge in [-0.1, -0.05) is 30.3 Å². The highest BCUT2D eigenvalue weighted by molar-refractivity contribution is 5.79. The van der Waals surface area contributed by atoms with Crippen molar-refractivity contribution in [2.75, 3.05) is 41.4 Å². The second-order valence-electron chi connectivity index (χ2n) is 7.12. The Morgan fingerprint density at radius 2 is 1.69 bits per heavy atom. The second kappa shape index (κ2) is 12.0. The molecule has 0 aliphatic carbocycles. The summed E-state index contributed by atoms with van der Waals surface area (Å²) in [6.45, 7) is 5.25. The molecule has 0 bridgehead atoms. The molecule has 0 spiro atoms. The average Bonchev–Trinajstić information content (AvgIpc) is 2.71. The van der Waals surface area contributed by atoms with E-state index in [9.17, 15) is 0 Å². The van der Waals surface area contributed by atoms with Gasteiger partial charge in [-0.05, 0) is 56.3 Å². The van der Waals surface area contributed by atoms with E-state index in [1.54, 1.807) is 14.2 Å². The lowest BCUT2D eigenvalue weighted by Gasteiger charge is -2.13. The number of hydrogen-bond acceptors (Lipinski definition) is 4. The molecule has 0 amide bonds. The molecule has 29 heavy (non-hydrogen) atoms. The van der Waals surface area contributed by atoms with Gasteiger partial charge in [0, 0.05) is 19.6 Å². The normalized spacial score (nSPS) is 11.4. The molecule has 6 nitrogen and oxygen atoms in total. The van der Waals surface area contributed by atoms with Crippen molar-refractivity contribution >= 4 is 5.96 Å². The maximum Gasteiger partial charge on any atom is 0.191 e. The zero-order valence-electron chi connectivity index (χ0n) is 18.3. The van der Waals surface area contributed by atoms with Crippen LogP contribution in [0.1, 0.15) is 23.6 Å². The van der Waals surface area contributed by atoms with Crippen LogP contribution in [0.5, 0.6) is 11.5 Å². The van der Waals surface area contributed by atoms with Crippen molar-refractivity contribution in [3.8, 4) is 11.5 Å². The standard InChI is InChI=1S/C23H34N4O2/c1-6-24-23(26-16-19-8-7-9-20(14-19)17-27(2)3)25-13-12-18-10-11-21(28-4)22(15-18)29-5/h7-11,14-15H,6,12-13,16-17H2,1-5H3,(H2,24,25,26). The summed E-state index contributed by atoms with van der Waals surface area (Å²) >= 11 is 0. The van der Waals surface area contributed by atoms with Gasteiger partial charge in [0.25, 0.3) is 0 Å². The van der Waals surface area contributed by atoms with Gasteiger partial charge in [0.1, 0.15) is 0 Å². The molecule has 0 fully saturated rings. The maximum absolute atomic E-state index is 5.38. The van der Waals surface area contributed by atoms with Crippen molar-refractivity contribution in [3.63, 3.8) is 0 Å². The number of nitrogens with one attached hydrogen (secondary N) is 2. The first kappa shape index (κ1) is 22.6. The third-order valence-electron chi connectivity index (χ3n) is 4.41. The number of rotatable bonds is 10. The minimum atomic E-state index is 0.646. The van der Waals surface area contributed by atoms with E-state index in [0.29, 0.717) is 6.54 Å². The number of benzene rings is 2. The maximum atomic E-state index is 5.38. The Labute approximate surface area is 174 Å². The minimum Gasteiger partial charge on any atom is -0.493 e. The zero-order valence-corrected chi connectivity index (χ0v) is 18.3. The van der Waals surface area contributed by atoms with Crippen LogP contribution in [0.15, 0.2) is 47.5 Å². The van der Waals surface area contributed by atoms with Crippen molar-refractivity contribution in [3.05, 3.63) is 59.2 Å². The number of aliphatic imine (C=N–C) groups is 1. The van der Waals surface area contributed by atoms with Crippen LogP contribution in [0.4, 0.5) is 0 Å². The van der Waals surface area contributed by atoms with E-state index in [4.69, 9.17) is 14.5 Å². The molecule has 0 aliphatic heterocycles. The molecule has 0 unspecified atom stereocenters. The molecule has 2 aromatic rings. The number of nitrogens with zero attached hydrogens (tertiary/aromatic N) is 2. The number of hydrogen-bond donors (Lipinski definition) is 2. The Hall–Kier alpha value is -2.73. The third kappa shape index (κ3) is 7.66. The fourth-order valence-electron chi connectivity index (χ4n) is 3.06. The van der Waals surface area contributed by atoms with Gasteiger partial charge in [-0.25, -0.2) is 4.99 Å². The van der Waals surface area contributed by atoms with Gasteiger partial charge in [-0.15, -0.1) is 0 Å². The van der Waals surface area contributed by atoms with Crippen LogP contribution in [0.2, 0.25) is 0 Å². The molecule has 0 saturated heterocycles. The van der Waals surface area contributed by atoms with Crippen LogP contribution in [-0.2, 0) is 19.5 Å². The van der Waals surface area contributed by atoms with Gasteiger partial charge in [-0.2, -0.15) is 0 Å². The predicted molar refractivity (Wildman–Crippen MR) is 120 cm³/mol. The van der Waals surface area contributed by atoms with Gasteiger partial charge in [0.2, 0.25) is 0 Å². The fourth-order valence-corrected chi connectivity index (χ4v) is 3.06. The summed E-state index contributed by atoms with van der Waals surface area (Å²) in [5, 5.41) is 6.72. The van der Waals surface area contributed by atoms with Gasteiger partial charge in [0.05, 0.1) is 20.8 Å². The quantitative estimate of drug-likeness (QED) is 0.476. The van der Waals surface area contributed by atoms with E-state index in [0.717, 1.165) is 43.5 Å². The molecular weight excluding hydrogens is 364 g/mol. The lowest BCUT2D eigenvalue weighted by atomic mass is 10.1. The predicted octanol–water partition coefficient (Wildman–Crippen LogP) is 3.06. The van der Waals surface area contributed by atoms with E-state index in [2.05, 4.69) is 66.9 Å². The Morgan fingerprint density at radius 1 is 0.931 bits per heavy atom. The van der Waals surface area contributed by atoms with E-state index in [1.807, 2.05) is 12.1 Å². The molecule has 2 rings (SSSR count). The van der Waals surface area contributed by atoms with Gasteiger partial charge >= 0.3 is 0 Å². The van der Waals surface area contributed by atoms with Crippen molar-refractivity contribution < 1.29 is 9.47 Å². The Bertz CT molecular complexity index is 790. The van der Waals surface area contributed by atoms with Crippen molar-refractivity contribution in [2.45, 2.75) is 26.4 Å². The largest absolute Gasteiger partial charge is 0.493 e. The summed E-state index contributed by atoms with van der Waals surface area (Å²) < 4.78 is 10.7. The lowest BCUT2D eigenvalue weighted by molar-refractivity contribution is 0.354. The molecule has 0 radical (unpaired) electrons. The lowest BCUT2D eigenvalue weighted by Crippen LogP contribution is -2.38. The minimum absolute atomic E-state index is 0.646. The van der Waals surface area contributed by atoms with Crippen LogP contribution in [-0.4, -0.2) is 52.3 Å². The molecule has 0 atom stereocenters. The number of methoxy groups -OCH3 is 2. The Kier molecular flexibility index (Phi) is 9.31. The van der Waals surface area contributed by atoms with Crippen LogP contribution < -0.4 is 20.1 Å². The highest BCUT2D eigenvalue weighted by atomic mass is 16.5. The molecular formula is C23H34N4O2.